The van der Waals surface area contributed by atoms with Crippen LogP contribution in [0.3, 0.4) is 0 Å². The molecule has 0 amide bonds. The van der Waals surface area contributed by atoms with E-state index in [1.54, 1.807) is 0 Å². The first-order chi connectivity index (χ1) is 8.16. The molecule has 1 heterocycles. The summed E-state index contributed by atoms with van der Waals surface area (Å²) in [6.45, 7) is 1.89. The molecular weight excluding hydrogens is 219 g/mol. The number of para-hydroxylation sites is 1. The van der Waals surface area contributed by atoms with Crippen molar-refractivity contribution in [3.05, 3.63) is 48.0 Å². The van der Waals surface area contributed by atoms with Gasteiger partial charge in [0, 0.05) is 11.7 Å². The minimum atomic E-state index is -0.462. The summed E-state index contributed by atoms with van der Waals surface area (Å²) in [7, 11) is 0. The minimum absolute atomic E-state index is 0.0980. The lowest BCUT2D eigenvalue weighted by molar-refractivity contribution is 0.614. The van der Waals surface area contributed by atoms with Crippen LogP contribution < -0.4 is 11.1 Å². The Bertz CT molecular complexity index is 496. The summed E-state index contributed by atoms with van der Waals surface area (Å²) >= 11 is 0. The van der Waals surface area contributed by atoms with Gasteiger partial charge in [0.1, 0.15) is 0 Å². The van der Waals surface area contributed by atoms with Gasteiger partial charge in [-0.25, -0.2) is 14.4 Å². The number of nitrogens with one attached hydrogen (secondary N) is 1. The molecule has 0 aliphatic heterocycles. The molecule has 5 heteroatoms. The molecule has 0 spiro atoms. The van der Waals surface area contributed by atoms with Crippen molar-refractivity contribution in [2.24, 2.45) is 5.73 Å². The van der Waals surface area contributed by atoms with Crippen LogP contribution in [0.5, 0.6) is 0 Å². The van der Waals surface area contributed by atoms with Gasteiger partial charge in [0.05, 0.1) is 12.4 Å². The second-order valence-corrected chi connectivity index (χ2v) is 3.73. The summed E-state index contributed by atoms with van der Waals surface area (Å²) in [5, 5.41) is 3.01. The molecule has 0 radical (unpaired) electrons. The van der Waals surface area contributed by atoms with Gasteiger partial charge in [-0.3, -0.25) is 0 Å². The van der Waals surface area contributed by atoms with Gasteiger partial charge < -0.3 is 11.1 Å². The molecule has 0 aliphatic carbocycles. The molecule has 1 aromatic carbocycles. The minimum Gasteiger partial charge on any atom is -0.324 e. The Morgan fingerprint density at radius 1 is 1.24 bits per heavy atom. The third-order valence-corrected chi connectivity index (χ3v) is 2.32. The maximum atomic E-state index is 12.7. The lowest BCUT2D eigenvalue weighted by Crippen LogP contribution is -2.08. The van der Waals surface area contributed by atoms with Crippen molar-refractivity contribution < 1.29 is 4.39 Å². The monoisotopic (exact) mass is 232 g/mol. The van der Waals surface area contributed by atoms with Gasteiger partial charge in [-0.15, -0.1) is 0 Å². The first-order valence-corrected chi connectivity index (χ1v) is 5.26. The summed E-state index contributed by atoms with van der Waals surface area (Å²) < 4.78 is 12.7. The molecule has 0 bridgehead atoms. The van der Waals surface area contributed by atoms with Crippen molar-refractivity contribution in [3.63, 3.8) is 0 Å². The highest BCUT2D eigenvalue weighted by atomic mass is 19.1. The molecule has 1 unspecified atom stereocenters. The van der Waals surface area contributed by atoms with Crippen LogP contribution in [0.25, 0.3) is 0 Å². The fourth-order valence-corrected chi connectivity index (χ4v) is 1.51. The third kappa shape index (κ3) is 2.76. The number of benzene rings is 1. The molecule has 0 saturated carbocycles. The number of nitrogens with zero attached hydrogens (tertiary/aromatic N) is 2. The van der Waals surface area contributed by atoms with Gasteiger partial charge in [0.25, 0.3) is 0 Å². The zero-order valence-corrected chi connectivity index (χ0v) is 9.39. The molecule has 2 rings (SSSR count). The first-order valence-electron chi connectivity index (χ1n) is 5.26. The van der Waals surface area contributed by atoms with E-state index in [2.05, 4.69) is 15.3 Å². The molecule has 2 aromatic rings. The number of aromatic nitrogens is 2. The Kier molecular flexibility index (Phi) is 3.30. The van der Waals surface area contributed by atoms with Gasteiger partial charge in [0.15, 0.2) is 5.82 Å². The van der Waals surface area contributed by atoms with E-state index in [0.717, 1.165) is 23.6 Å². The molecule has 0 fully saturated rings. The molecule has 1 aromatic heterocycles. The molecule has 0 aliphatic rings. The predicted octanol–water partition coefficient (Wildman–Crippen LogP) is 2.38. The van der Waals surface area contributed by atoms with E-state index in [1.165, 1.54) is 0 Å². The van der Waals surface area contributed by atoms with Crippen molar-refractivity contribution in [1.29, 1.82) is 0 Å². The van der Waals surface area contributed by atoms with Crippen molar-refractivity contribution >= 4 is 11.6 Å². The normalized spacial score (nSPS) is 12.2. The van der Waals surface area contributed by atoms with E-state index in [-0.39, 0.29) is 6.04 Å². The lowest BCUT2D eigenvalue weighted by atomic mass is 10.1. The average molecular weight is 232 g/mol. The van der Waals surface area contributed by atoms with Gasteiger partial charge in [-0.1, -0.05) is 18.2 Å². The number of halogens is 1. The molecule has 17 heavy (non-hydrogen) atoms. The van der Waals surface area contributed by atoms with E-state index in [4.69, 9.17) is 5.73 Å². The van der Waals surface area contributed by atoms with Crippen LogP contribution in [0.2, 0.25) is 0 Å². The molecule has 88 valence electrons. The van der Waals surface area contributed by atoms with Gasteiger partial charge >= 0.3 is 0 Å². The Morgan fingerprint density at radius 2 is 1.88 bits per heavy atom. The van der Waals surface area contributed by atoms with Crippen LogP contribution in [0.15, 0.2) is 36.7 Å². The highest BCUT2D eigenvalue weighted by Gasteiger charge is 2.07. The maximum Gasteiger partial charge on any atom is 0.227 e. The second kappa shape index (κ2) is 4.88. The largest absolute Gasteiger partial charge is 0.324 e. The van der Waals surface area contributed by atoms with Gasteiger partial charge in [0.2, 0.25) is 5.95 Å². The summed E-state index contributed by atoms with van der Waals surface area (Å²) in [5.74, 6) is -0.115. The Labute approximate surface area is 98.7 Å². The molecular formula is C12H13FN4. The first kappa shape index (κ1) is 11.5. The molecule has 3 N–H and O–H groups in total. The van der Waals surface area contributed by atoms with E-state index in [1.807, 2.05) is 31.2 Å². The van der Waals surface area contributed by atoms with E-state index >= 15 is 0 Å². The number of nitrogens with two attached hydrogens (primary N) is 1. The molecule has 0 saturated heterocycles. The summed E-state index contributed by atoms with van der Waals surface area (Å²) in [5.41, 5.74) is 7.64. The predicted molar refractivity (Wildman–Crippen MR) is 64.3 cm³/mol. The Hall–Kier alpha value is -2.01. The SMILES string of the molecule is CC(N)c1ccccc1Nc1ncc(F)cn1. The smallest absolute Gasteiger partial charge is 0.227 e. The van der Waals surface area contributed by atoms with Gasteiger partial charge in [-0.05, 0) is 18.6 Å². The van der Waals surface area contributed by atoms with E-state index < -0.39 is 5.82 Å². The summed E-state index contributed by atoms with van der Waals surface area (Å²) in [6, 6.07) is 7.51. The summed E-state index contributed by atoms with van der Waals surface area (Å²) in [4.78, 5) is 7.67. The second-order valence-electron chi connectivity index (χ2n) is 3.73. The fraction of sp³-hybridized carbons (Fsp3) is 0.167. The number of hydrogen-bond acceptors (Lipinski definition) is 4. The van der Waals surface area contributed by atoms with Crippen LogP contribution >= 0.6 is 0 Å². The van der Waals surface area contributed by atoms with Crippen molar-refractivity contribution in [3.8, 4) is 0 Å². The zero-order valence-electron chi connectivity index (χ0n) is 9.39. The van der Waals surface area contributed by atoms with Crippen LogP contribution in [0.1, 0.15) is 18.5 Å². The third-order valence-electron chi connectivity index (χ3n) is 2.32. The number of anilines is 2. The average Bonchev–Trinajstić information content (AvgIpc) is 2.32. The van der Waals surface area contributed by atoms with E-state index in [9.17, 15) is 4.39 Å². The lowest BCUT2D eigenvalue weighted by Gasteiger charge is -2.13. The highest BCUT2D eigenvalue weighted by Crippen LogP contribution is 2.22. The topological polar surface area (TPSA) is 63.8 Å². The van der Waals surface area contributed by atoms with Crippen molar-refractivity contribution in [2.45, 2.75) is 13.0 Å². The standard InChI is InChI=1S/C12H13FN4/c1-8(14)10-4-2-3-5-11(10)17-12-15-6-9(13)7-16-12/h2-8H,14H2,1H3,(H,15,16,17). The van der Waals surface area contributed by atoms with E-state index in [0.29, 0.717) is 5.95 Å². The number of rotatable bonds is 3. The van der Waals surface area contributed by atoms with Crippen LogP contribution in [0.4, 0.5) is 16.0 Å². The number of hydrogen-bond donors (Lipinski definition) is 2. The quantitative estimate of drug-likeness (QED) is 0.852. The highest BCUT2D eigenvalue weighted by molar-refractivity contribution is 5.59. The van der Waals surface area contributed by atoms with Crippen LogP contribution in [-0.4, -0.2) is 9.97 Å². The molecule has 4 nitrogen and oxygen atoms in total. The van der Waals surface area contributed by atoms with Gasteiger partial charge in [-0.2, -0.15) is 0 Å². The van der Waals surface area contributed by atoms with Crippen molar-refractivity contribution in [2.75, 3.05) is 5.32 Å². The Morgan fingerprint density at radius 3 is 2.53 bits per heavy atom. The fourth-order valence-electron chi connectivity index (χ4n) is 1.51. The molecule has 1 atom stereocenters. The Balaban J connectivity index is 2.26. The summed E-state index contributed by atoms with van der Waals surface area (Å²) in [6.07, 6.45) is 2.23. The zero-order chi connectivity index (χ0) is 12.3. The van der Waals surface area contributed by atoms with Crippen molar-refractivity contribution in [1.82, 2.24) is 9.97 Å². The maximum absolute atomic E-state index is 12.7. The van der Waals surface area contributed by atoms with Crippen LogP contribution in [0, 0.1) is 5.82 Å². The van der Waals surface area contributed by atoms with Crippen LogP contribution in [-0.2, 0) is 0 Å².